The number of hydrogen-bond donors (Lipinski definition) is 2. The van der Waals surface area contributed by atoms with E-state index in [0.29, 0.717) is 18.4 Å². The average molecular weight is 460 g/mol. The van der Waals surface area contributed by atoms with Gasteiger partial charge < -0.3 is 15.3 Å². The number of rotatable bonds is 6. The molecule has 0 aromatic carbocycles. The number of amidine groups is 1. The third-order valence-electron chi connectivity index (χ3n) is 8.57. The van der Waals surface area contributed by atoms with Crippen molar-refractivity contribution in [2.75, 3.05) is 12.3 Å². The standard InChI is InChI=1S/C25H37N3O3S/c1-2-10-32-24-19(6-8-22(27-24)28-9-3-4-21(28)25(30)31)23(29)26-20-7-5-16-11-15-12-17(16)14-18(20)13-15/h6,8,15-21,24H,2-5,7,9-14H2,1H3,(H,26,29)(H,30,31)/t15?,16?,17?,18?,19?,20?,21-,24?/m0/s1. The number of fused-ring (bicyclic) bond motifs is 2. The number of thioether (sulfide) groups is 1. The SMILES string of the molecule is CCCSC1N=C(N2CCC[C@H]2C(=O)O)C=CC1C(=O)NC1CCC2CC3CC2CC1C3. The zero-order chi connectivity index (χ0) is 22.2. The van der Waals surface area contributed by atoms with Crippen molar-refractivity contribution < 1.29 is 14.7 Å². The Labute approximate surface area is 195 Å². The maximum Gasteiger partial charge on any atom is 0.326 e. The summed E-state index contributed by atoms with van der Waals surface area (Å²) in [4.78, 5) is 31.9. The predicted molar refractivity (Wildman–Crippen MR) is 128 cm³/mol. The first-order valence-electron chi connectivity index (χ1n) is 12.7. The van der Waals surface area contributed by atoms with Gasteiger partial charge in [0.25, 0.3) is 0 Å². The summed E-state index contributed by atoms with van der Waals surface area (Å²) in [7, 11) is 0. The first-order chi connectivity index (χ1) is 15.5. The lowest BCUT2D eigenvalue weighted by molar-refractivity contribution is -0.140. The number of nitrogens with one attached hydrogen (secondary N) is 1. The molecule has 176 valence electrons. The summed E-state index contributed by atoms with van der Waals surface area (Å²) >= 11 is 1.72. The fraction of sp³-hybridized carbons (Fsp3) is 0.800. The summed E-state index contributed by atoms with van der Waals surface area (Å²) in [5.41, 5.74) is 0. The molecule has 0 aromatic heterocycles. The molecule has 2 aliphatic heterocycles. The second kappa shape index (κ2) is 9.40. The van der Waals surface area contributed by atoms with Gasteiger partial charge in [-0.15, -0.1) is 11.8 Å². The molecule has 3 bridgehead atoms. The normalized spacial score (nSPS) is 40.3. The largest absolute Gasteiger partial charge is 0.480 e. The van der Waals surface area contributed by atoms with Crippen LogP contribution in [-0.4, -0.2) is 57.5 Å². The van der Waals surface area contributed by atoms with E-state index >= 15 is 0 Å². The van der Waals surface area contributed by atoms with E-state index in [2.05, 4.69) is 12.2 Å². The third kappa shape index (κ3) is 4.34. The first kappa shape index (κ1) is 22.3. The van der Waals surface area contributed by atoms with Crippen LogP contribution in [0.5, 0.6) is 0 Å². The highest BCUT2D eigenvalue weighted by molar-refractivity contribution is 7.99. The number of amides is 1. The molecule has 5 rings (SSSR count). The maximum atomic E-state index is 13.5. The lowest BCUT2D eigenvalue weighted by atomic mass is 9.77. The molecule has 3 aliphatic carbocycles. The number of carbonyl (C=O) groups excluding carboxylic acids is 1. The number of likely N-dealkylation sites (tertiary alicyclic amines) is 1. The van der Waals surface area contributed by atoms with E-state index in [4.69, 9.17) is 4.99 Å². The van der Waals surface area contributed by atoms with E-state index in [-0.39, 0.29) is 17.2 Å². The van der Waals surface area contributed by atoms with E-state index in [1.54, 1.807) is 11.8 Å². The van der Waals surface area contributed by atoms with Gasteiger partial charge in [-0.05, 0) is 93.3 Å². The van der Waals surface area contributed by atoms with Crippen LogP contribution in [0.25, 0.3) is 0 Å². The Morgan fingerprint density at radius 3 is 2.78 bits per heavy atom. The van der Waals surface area contributed by atoms with Gasteiger partial charge in [-0.3, -0.25) is 9.79 Å². The van der Waals surface area contributed by atoms with Crippen molar-refractivity contribution in [3.63, 3.8) is 0 Å². The van der Waals surface area contributed by atoms with E-state index in [1.807, 2.05) is 17.1 Å². The topological polar surface area (TPSA) is 82.0 Å². The fourth-order valence-electron chi connectivity index (χ4n) is 7.11. The van der Waals surface area contributed by atoms with Crippen LogP contribution in [0, 0.1) is 29.6 Å². The smallest absolute Gasteiger partial charge is 0.326 e. The van der Waals surface area contributed by atoms with Crippen molar-refractivity contribution >= 4 is 29.5 Å². The maximum absolute atomic E-state index is 13.5. The van der Waals surface area contributed by atoms with Crippen LogP contribution in [0.2, 0.25) is 0 Å². The van der Waals surface area contributed by atoms with Crippen LogP contribution in [0.4, 0.5) is 0 Å². The molecular formula is C25H37N3O3S. The summed E-state index contributed by atoms with van der Waals surface area (Å²) in [6.07, 6.45) is 14.3. The summed E-state index contributed by atoms with van der Waals surface area (Å²) in [5, 5.41) is 12.9. The van der Waals surface area contributed by atoms with Gasteiger partial charge in [0.05, 0.1) is 5.92 Å². The van der Waals surface area contributed by atoms with Crippen LogP contribution in [-0.2, 0) is 9.59 Å². The molecule has 2 heterocycles. The van der Waals surface area contributed by atoms with Crippen molar-refractivity contribution in [3.8, 4) is 0 Å². The zero-order valence-electron chi connectivity index (χ0n) is 19.1. The number of aliphatic imine (C=N–C) groups is 1. The van der Waals surface area contributed by atoms with Crippen molar-refractivity contribution in [3.05, 3.63) is 12.2 Å². The number of carboxylic acid groups (broad SMARTS) is 1. The number of dihydropyridines is 1. The van der Waals surface area contributed by atoms with Gasteiger partial charge in [-0.2, -0.15) is 0 Å². The second-order valence-corrected chi connectivity index (χ2v) is 11.8. The minimum Gasteiger partial charge on any atom is -0.480 e. The van der Waals surface area contributed by atoms with Gasteiger partial charge in [-0.25, -0.2) is 4.79 Å². The Bertz CT molecular complexity index is 799. The molecule has 8 atom stereocenters. The lowest BCUT2D eigenvalue weighted by Gasteiger charge is -2.35. The summed E-state index contributed by atoms with van der Waals surface area (Å²) in [6, 6.07) is -0.194. The summed E-state index contributed by atoms with van der Waals surface area (Å²) in [5.74, 6) is 4.05. The Balaban J connectivity index is 1.28. The molecule has 6 nitrogen and oxygen atoms in total. The van der Waals surface area contributed by atoms with Crippen molar-refractivity contribution in [1.82, 2.24) is 10.2 Å². The zero-order valence-corrected chi connectivity index (χ0v) is 19.9. The molecule has 32 heavy (non-hydrogen) atoms. The Morgan fingerprint density at radius 1 is 1.16 bits per heavy atom. The number of nitrogens with zero attached hydrogens (tertiary/aromatic N) is 2. The quantitative estimate of drug-likeness (QED) is 0.629. The molecule has 0 aromatic rings. The Morgan fingerprint density at radius 2 is 1.97 bits per heavy atom. The van der Waals surface area contributed by atoms with Crippen LogP contribution in [0.3, 0.4) is 0 Å². The number of carboxylic acids is 1. The van der Waals surface area contributed by atoms with Crippen LogP contribution in [0.1, 0.15) is 64.7 Å². The molecule has 0 radical (unpaired) electrons. The predicted octanol–water partition coefficient (Wildman–Crippen LogP) is 3.92. The fourth-order valence-corrected chi connectivity index (χ4v) is 8.20. The number of carbonyl (C=O) groups is 2. The molecule has 0 spiro atoms. The van der Waals surface area contributed by atoms with E-state index in [9.17, 15) is 14.7 Å². The highest BCUT2D eigenvalue weighted by Crippen LogP contribution is 2.53. The Kier molecular flexibility index (Phi) is 6.55. The monoisotopic (exact) mass is 459 g/mol. The van der Waals surface area contributed by atoms with Crippen LogP contribution < -0.4 is 5.32 Å². The van der Waals surface area contributed by atoms with Gasteiger partial charge >= 0.3 is 5.97 Å². The molecule has 4 fully saturated rings. The second-order valence-electron chi connectivity index (χ2n) is 10.6. The molecule has 3 saturated carbocycles. The highest BCUT2D eigenvalue weighted by atomic mass is 32.2. The van der Waals surface area contributed by atoms with Crippen molar-refractivity contribution in [1.29, 1.82) is 0 Å². The van der Waals surface area contributed by atoms with Crippen LogP contribution in [0.15, 0.2) is 17.1 Å². The van der Waals surface area contributed by atoms with E-state index < -0.39 is 12.0 Å². The molecule has 7 unspecified atom stereocenters. The van der Waals surface area contributed by atoms with Gasteiger partial charge in [-0.1, -0.05) is 13.0 Å². The summed E-state index contributed by atoms with van der Waals surface area (Å²) in [6.45, 7) is 2.86. The molecule has 1 saturated heterocycles. The minimum atomic E-state index is -0.784. The van der Waals surface area contributed by atoms with Crippen molar-refractivity contribution in [2.24, 2.45) is 34.6 Å². The minimum absolute atomic E-state index is 0.108. The van der Waals surface area contributed by atoms with Gasteiger partial charge in [0.15, 0.2) is 0 Å². The first-order valence-corrected chi connectivity index (χ1v) is 13.8. The van der Waals surface area contributed by atoms with Gasteiger partial charge in [0.1, 0.15) is 17.3 Å². The van der Waals surface area contributed by atoms with Crippen LogP contribution >= 0.6 is 11.8 Å². The molecule has 7 heteroatoms. The summed E-state index contributed by atoms with van der Waals surface area (Å²) < 4.78 is 0. The number of hydrogen-bond acceptors (Lipinski definition) is 5. The molecular weight excluding hydrogens is 422 g/mol. The van der Waals surface area contributed by atoms with Gasteiger partial charge in [0, 0.05) is 12.6 Å². The molecule has 5 aliphatic rings. The van der Waals surface area contributed by atoms with Crippen molar-refractivity contribution in [2.45, 2.75) is 82.2 Å². The third-order valence-corrected chi connectivity index (χ3v) is 9.96. The average Bonchev–Trinajstić information content (AvgIpc) is 3.36. The molecule has 1 amide bonds. The molecule has 2 N–H and O–H groups in total. The Hall–Kier alpha value is -1.50. The number of aliphatic carboxylic acids is 1. The highest BCUT2D eigenvalue weighted by Gasteiger charge is 2.46. The van der Waals surface area contributed by atoms with E-state index in [0.717, 1.165) is 55.1 Å². The van der Waals surface area contributed by atoms with Gasteiger partial charge in [0.2, 0.25) is 5.91 Å². The van der Waals surface area contributed by atoms with E-state index in [1.165, 1.54) is 32.1 Å². The lowest BCUT2D eigenvalue weighted by Crippen LogP contribution is -2.47.